The summed E-state index contributed by atoms with van der Waals surface area (Å²) in [6, 6.07) is 11.8. The van der Waals surface area contributed by atoms with Gasteiger partial charge in [0.2, 0.25) is 0 Å². The van der Waals surface area contributed by atoms with Gasteiger partial charge in [0.1, 0.15) is 11.3 Å². The van der Waals surface area contributed by atoms with Crippen LogP contribution < -0.4 is 14.5 Å². The van der Waals surface area contributed by atoms with Crippen molar-refractivity contribution < 1.29 is 9.53 Å². The van der Waals surface area contributed by atoms with Gasteiger partial charge in [-0.2, -0.15) is 0 Å². The first kappa shape index (κ1) is 23.0. The molecule has 31 heavy (non-hydrogen) atoms. The molecule has 0 aliphatic heterocycles. The largest absolute Gasteiger partial charge is 0.494 e. The molecule has 0 saturated carbocycles. The van der Waals surface area contributed by atoms with Crippen LogP contribution in [-0.2, 0) is 0 Å². The average Bonchev–Trinajstić information content (AvgIpc) is 3.21. The van der Waals surface area contributed by atoms with E-state index in [0.29, 0.717) is 17.2 Å². The maximum atomic E-state index is 13.5. The molecule has 166 valence electrons. The molecular weight excluding hydrogens is 408 g/mol. The van der Waals surface area contributed by atoms with Crippen LogP contribution >= 0.6 is 11.3 Å². The minimum absolute atomic E-state index is 0.0383. The summed E-state index contributed by atoms with van der Waals surface area (Å²) in [6.07, 6.45) is 0. The van der Waals surface area contributed by atoms with Crippen LogP contribution in [0.4, 0.5) is 10.8 Å². The lowest BCUT2D eigenvalue weighted by Gasteiger charge is -2.23. The Morgan fingerprint density at radius 3 is 2.29 bits per heavy atom. The number of hydrogen-bond acceptors (Lipinski definition) is 6. The topological polar surface area (TPSA) is 48.9 Å². The zero-order valence-corrected chi connectivity index (χ0v) is 20.1. The van der Waals surface area contributed by atoms with E-state index in [2.05, 4.69) is 30.6 Å². The Balaban J connectivity index is 1.98. The molecule has 1 aromatic heterocycles. The number of thiazole rings is 1. The van der Waals surface area contributed by atoms with Crippen molar-refractivity contribution in [1.82, 2.24) is 9.88 Å². The molecular formula is C24H32N4O2S. The van der Waals surface area contributed by atoms with E-state index in [-0.39, 0.29) is 5.91 Å². The molecule has 0 aliphatic carbocycles. The van der Waals surface area contributed by atoms with Crippen molar-refractivity contribution in [3.05, 3.63) is 47.5 Å². The SMILES string of the molecule is CCN(CC)c1ccc(C(=O)N(CCN(C)C)c2nc3c(OC)ccc(C)c3s2)cc1. The molecule has 7 heteroatoms. The zero-order valence-electron chi connectivity index (χ0n) is 19.3. The van der Waals surface area contributed by atoms with E-state index in [9.17, 15) is 4.79 Å². The first-order chi connectivity index (χ1) is 14.9. The molecule has 0 unspecified atom stereocenters. The Morgan fingerprint density at radius 1 is 1.03 bits per heavy atom. The number of nitrogens with zero attached hydrogens (tertiary/aromatic N) is 4. The van der Waals surface area contributed by atoms with E-state index in [4.69, 9.17) is 9.72 Å². The third-order valence-corrected chi connectivity index (χ3v) is 6.62. The van der Waals surface area contributed by atoms with Crippen molar-refractivity contribution in [2.75, 3.05) is 57.2 Å². The highest BCUT2D eigenvalue weighted by Crippen LogP contribution is 2.36. The van der Waals surface area contributed by atoms with Crippen molar-refractivity contribution in [2.45, 2.75) is 20.8 Å². The first-order valence-electron chi connectivity index (χ1n) is 10.6. The number of carbonyl (C=O) groups excluding carboxylic acids is 1. The van der Waals surface area contributed by atoms with E-state index >= 15 is 0 Å². The van der Waals surface area contributed by atoms with E-state index < -0.39 is 0 Å². The van der Waals surface area contributed by atoms with E-state index in [0.717, 1.165) is 46.9 Å². The highest BCUT2D eigenvalue weighted by molar-refractivity contribution is 7.22. The Morgan fingerprint density at radius 2 is 1.71 bits per heavy atom. The van der Waals surface area contributed by atoms with Gasteiger partial charge in [0.25, 0.3) is 5.91 Å². The summed E-state index contributed by atoms with van der Waals surface area (Å²) >= 11 is 1.54. The van der Waals surface area contributed by atoms with Crippen LogP contribution in [0.1, 0.15) is 29.8 Å². The normalized spacial score (nSPS) is 11.2. The van der Waals surface area contributed by atoms with E-state index in [1.807, 2.05) is 50.5 Å². The van der Waals surface area contributed by atoms with Crippen LogP contribution in [0.3, 0.4) is 0 Å². The molecule has 2 aromatic carbocycles. The minimum Gasteiger partial charge on any atom is -0.494 e. The molecule has 0 fully saturated rings. The van der Waals surface area contributed by atoms with Gasteiger partial charge in [0, 0.05) is 37.4 Å². The molecule has 6 nitrogen and oxygen atoms in total. The quantitative estimate of drug-likeness (QED) is 0.484. The number of rotatable bonds is 9. The number of fused-ring (bicyclic) bond motifs is 1. The van der Waals surface area contributed by atoms with Gasteiger partial charge >= 0.3 is 0 Å². The zero-order chi connectivity index (χ0) is 22.5. The number of likely N-dealkylation sites (N-methyl/N-ethyl adjacent to an activating group) is 1. The Labute approximate surface area is 189 Å². The number of aromatic nitrogens is 1. The lowest BCUT2D eigenvalue weighted by Crippen LogP contribution is -2.36. The predicted molar refractivity (Wildman–Crippen MR) is 131 cm³/mol. The lowest BCUT2D eigenvalue weighted by molar-refractivity contribution is 0.0985. The third-order valence-electron chi connectivity index (χ3n) is 5.40. The molecule has 3 rings (SSSR count). The molecule has 0 atom stereocenters. The van der Waals surface area contributed by atoms with Crippen LogP contribution in [-0.4, -0.2) is 63.2 Å². The minimum atomic E-state index is -0.0383. The molecule has 3 aromatic rings. The predicted octanol–water partition coefficient (Wildman–Crippen LogP) is 4.67. The number of amides is 1. The molecule has 0 saturated heterocycles. The van der Waals surface area contributed by atoms with E-state index in [1.165, 1.54) is 11.3 Å². The van der Waals surface area contributed by atoms with Crippen LogP contribution in [0.25, 0.3) is 10.2 Å². The van der Waals surface area contributed by atoms with Crippen LogP contribution in [0.15, 0.2) is 36.4 Å². The number of hydrogen-bond donors (Lipinski definition) is 0. The van der Waals surface area contributed by atoms with Crippen molar-refractivity contribution >= 4 is 38.3 Å². The fraction of sp³-hybridized carbons (Fsp3) is 0.417. The summed E-state index contributed by atoms with van der Waals surface area (Å²) in [5, 5.41) is 0.697. The Bertz CT molecular complexity index is 1030. The second kappa shape index (κ2) is 10.1. The van der Waals surface area contributed by atoms with Gasteiger partial charge in [0.15, 0.2) is 5.13 Å². The molecule has 0 aliphatic rings. The van der Waals surface area contributed by atoms with E-state index in [1.54, 1.807) is 12.0 Å². The van der Waals surface area contributed by atoms with Crippen LogP contribution in [0.5, 0.6) is 5.75 Å². The lowest BCUT2D eigenvalue weighted by atomic mass is 10.1. The molecule has 0 spiro atoms. The first-order valence-corrected chi connectivity index (χ1v) is 11.5. The van der Waals surface area contributed by atoms with Gasteiger partial charge in [-0.15, -0.1) is 0 Å². The maximum Gasteiger partial charge on any atom is 0.260 e. The second-order valence-electron chi connectivity index (χ2n) is 7.74. The van der Waals surface area contributed by atoms with Gasteiger partial charge in [-0.1, -0.05) is 17.4 Å². The second-order valence-corrected chi connectivity index (χ2v) is 8.72. The van der Waals surface area contributed by atoms with Gasteiger partial charge in [-0.3, -0.25) is 9.69 Å². The fourth-order valence-electron chi connectivity index (χ4n) is 3.52. The fourth-order valence-corrected chi connectivity index (χ4v) is 4.60. The average molecular weight is 441 g/mol. The number of anilines is 2. The number of methoxy groups -OCH3 is 1. The Hall–Kier alpha value is -2.64. The van der Waals surface area contributed by atoms with Crippen molar-refractivity contribution in [1.29, 1.82) is 0 Å². The molecule has 0 radical (unpaired) electrons. The van der Waals surface area contributed by atoms with Gasteiger partial charge in [-0.25, -0.2) is 4.98 Å². The summed E-state index contributed by atoms with van der Waals surface area (Å²) in [7, 11) is 5.66. The molecule has 0 N–H and O–H groups in total. The molecule has 0 bridgehead atoms. The third kappa shape index (κ3) is 4.99. The number of ether oxygens (including phenoxy) is 1. The highest BCUT2D eigenvalue weighted by Gasteiger charge is 2.23. The van der Waals surface area contributed by atoms with Crippen molar-refractivity contribution in [3.8, 4) is 5.75 Å². The summed E-state index contributed by atoms with van der Waals surface area (Å²) in [4.78, 5) is 24.5. The monoisotopic (exact) mass is 440 g/mol. The smallest absolute Gasteiger partial charge is 0.260 e. The summed E-state index contributed by atoms with van der Waals surface area (Å²) < 4.78 is 6.55. The standard InChI is InChI=1S/C24H32N4O2S/c1-7-27(8-2)19-12-10-18(11-13-19)23(29)28(16-15-26(4)5)24-25-21-20(30-6)14-9-17(3)22(21)31-24/h9-14H,7-8,15-16H2,1-6H3. The molecule has 1 amide bonds. The van der Waals surface area contributed by atoms with Crippen molar-refractivity contribution in [2.24, 2.45) is 0 Å². The highest BCUT2D eigenvalue weighted by atomic mass is 32.1. The number of aryl methyl sites for hydroxylation is 1. The number of benzene rings is 2. The van der Waals surface area contributed by atoms with Crippen molar-refractivity contribution in [3.63, 3.8) is 0 Å². The van der Waals surface area contributed by atoms with Crippen LogP contribution in [0, 0.1) is 6.92 Å². The van der Waals surface area contributed by atoms with Gasteiger partial charge in [-0.05, 0) is 70.8 Å². The van der Waals surface area contributed by atoms with Gasteiger partial charge in [0.05, 0.1) is 11.8 Å². The summed E-state index contributed by atoms with van der Waals surface area (Å²) in [5.74, 6) is 0.690. The van der Waals surface area contributed by atoms with Gasteiger partial charge < -0.3 is 14.5 Å². The summed E-state index contributed by atoms with van der Waals surface area (Å²) in [6.45, 7) is 9.50. The Kier molecular flexibility index (Phi) is 7.51. The number of carbonyl (C=O) groups is 1. The van der Waals surface area contributed by atoms with Crippen LogP contribution in [0.2, 0.25) is 0 Å². The summed E-state index contributed by atoms with van der Waals surface area (Å²) in [5.41, 5.74) is 3.73. The maximum absolute atomic E-state index is 13.5. The molecule has 1 heterocycles.